The molecule has 0 saturated carbocycles. The molecule has 0 saturated heterocycles. The summed E-state index contributed by atoms with van der Waals surface area (Å²) in [4.78, 5) is 0.649. The van der Waals surface area contributed by atoms with E-state index in [1.165, 1.54) is 0 Å². The van der Waals surface area contributed by atoms with Gasteiger partial charge in [0.05, 0.1) is 0 Å². The monoisotopic (exact) mass is 380 g/mol. The molecule has 2 aromatic rings. The van der Waals surface area contributed by atoms with Gasteiger partial charge in [0.2, 0.25) is 0 Å². The van der Waals surface area contributed by atoms with E-state index in [2.05, 4.69) is 13.8 Å². The molecule has 4 unspecified atom stereocenters. The molecule has 0 aromatic heterocycles. The second-order valence-electron chi connectivity index (χ2n) is 5.78. The molecular weight excluding hydrogens is 355 g/mol. The molecule has 0 spiro atoms. The number of phenols is 2. The van der Waals surface area contributed by atoms with Gasteiger partial charge < -0.3 is 0 Å². The van der Waals surface area contributed by atoms with Crippen LogP contribution in [0.5, 0.6) is 11.5 Å². The van der Waals surface area contributed by atoms with Crippen molar-refractivity contribution in [2.45, 2.75) is 35.6 Å². The molecule has 4 nitrogen and oxygen atoms in total. The number of phenolic OH excluding ortho intramolecular Hbond substituents is 2. The Morgan fingerprint density at radius 3 is 1.30 bits per heavy atom. The van der Waals surface area contributed by atoms with E-state index < -0.39 is 0 Å². The first-order valence-electron chi connectivity index (χ1n) is 7.63. The predicted octanol–water partition coefficient (Wildman–Crippen LogP) is 3.12. The third-order valence-electron chi connectivity index (χ3n) is 4.00. The molecule has 0 heterocycles. The third-order valence-corrected chi connectivity index (χ3v) is 7.03. The van der Waals surface area contributed by atoms with Crippen LogP contribution in [0, 0.1) is 0 Å². The van der Waals surface area contributed by atoms with Crippen molar-refractivity contribution in [3.63, 3.8) is 0 Å². The fourth-order valence-electron chi connectivity index (χ4n) is 2.44. The summed E-state index contributed by atoms with van der Waals surface area (Å²) in [5, 5.41) is 18.7. The van der Waals surface area contributed by atoms with E-state index in [1.807, 2.05) is 24.3 Å². The van der Waals surface area contributed by atoms with Gasteiger partial charge in [-0.15, -0.1) is 0 Å². The van der Waals surface area contributed by atoms with Gasteiger partial charge in [0, 0.05) is 0 Å². The molecule has 23 heavy (non-hydrogen) atoms. The summed E-state index contributed by atoms with van der Waals surface area (Å²) in [6, 6.07) is 14.0. The average Bonchev–Trinajstić information content (AvgIpc) is 2.54. The van der Waals surface area contributed by atoms with E-state index in [4.69, 9.17) is 11.5 Å². The van der Waals surface area contributed by atoms with E-state index in [0.29, 0.717) is 9.63 Å². The summed E-state index contributed by atoms with van der Waals surface area (Å²) < 4.78 is 0. The minimum atomic E-state index is -0.0648. The van der Waals surface area contributed by atoms with Gasteiger partial charge in [-0.1, -0.05) is 0 Å². The first-order valence-corrected chi connectivity index (χ1v) is 9.60. The summed E-state index contributed by atoms with van der Waals surface area (Å²) in [5.41, 5.74) is 14.8. The standard InChI is InChI=1S/C18H24N2O2Se/c1-11(17(19)13-3-7-15(21)8-4-13)23-12(2)18(20)14-5-9-16(22)10-6-14/h3-12,17-18,21-22H,19-20H2,1-2H3. The second-order valence-corrected chi connectivity index (χ2v) is 9.47. The van der Waals surface area contributed by atoms with Crippen molar-refractivity contribution in [3.8, 4) is 11.5 Å². The third kappa shape index (κ3) is 4.72. The van der Waals surface area contributed by atoms with E-state index in [9.17, 15) is 10.2 Å². The normalized spacial score (nSPS) is 16.5. The minimum absolute atomic E-state index is 0.0648. The first-order chi connectivity index (χ1) is 10.9. The summed E-state index contributed by atoms with van der Waals surface area (Å²) in [6.45, 7) is 4.30. The van der Waals surface area contributed by atoms with Gasteiger partial charge in [0.1, 0.15) is 0 Å². The van der Waals surface area contributed by atoms with Crippen LogP contribution in [0.4, 0.5) is 0 Å². The van der Waals surface area contributed by atoms with Crippen LogP contribution < -0.4 is 11.5 Å². The van der Waals surface area contributed by atoms with Crippen molar-refractivity contribution < 1.29 is 10.2 Å². The van der Waals surface area contributed by atoms with Gasteiger partial charge in [-0.25, -0.2) is 0 Å². The Balaban J connectivity index is 1.99. The van der Waals surface area contributed by atoms with Crippen molar-refractivity contribution in [1.29, 1.82) is 0 Å². The van der Waals surface area contributed by atoms with E-state index in [0.717, 1.165) is 11.1 Å². The summed E-state index contributed by atoms with van der Waals surface area (Å²) >= 11 is 0.259. The average molecular weight is 379 g/mol. The Labute approximate surface area is 143 Å². The van der Waals surface area contributed by atoms with Gasteiger partial charge in [0.25, 0.3) is 0 Å². The number of hydrogen-bond acceptors (Lipinski definition) is 4. The molecule has 0 aliphatic carbocycles. The van der Waals surface area contributed by atoms with Gasteiger partial charge in [-0.3, -0.25) is 0 Å². The van der Waals surface area contributed by atoms with Gasteiger partial charge >= 0.3 is 143 Å². The van der Waals surface area contributed by atoms with Crippen molar-refractivity contribution in [2.75, 3.05) is 0 Å². The molecule has 6 N–H and O–H groups in total. The Morgan fingerprint density at radius 1 is 0.696 bits per heavy atom. The van der Waals surface area contributed by atoms with Crippen LogP contribution in [0.2, 0.25) is 9.63 Å². The fourth-order valence-corrected chi connectivity index (χ4v) is 5.23. The topological polar surface area (TPSA) is 92.5 Å². The molecule has 0 aliphatic heterocycles. The summed E-state index contributed by atoms with van der Waals surface area (Å²) in [7, 11) is 0. The molecule has 2 rings (SSSR count). The molecule has 4 atom stereocenters. The second kappa shape index (κ2) is 7.84. The number of hydrogen-bond donors (Lipinski definition) is 4. The van der Waals surface area contributed by atoms with Crippen molar-refractivity contribution in [1.82, 2.24) is 0 Å². The predicted molar refractivity (Wildman–Crippen MR) is 94.7 cm³/mol. The van der Waals surface area contributed by atoms with Gasteiger partial charge in [0.15, 0.2) is 0 Å². The number of rotatable bonds is 6. The zero-order valence-corrected chi connectivity index (χ0v) is 15.1. The van der Waals surface area contributed by atoms with E-state index >= 15 is 0 Å². The number of aromatic hydroxyl groups is 2. The molecule has 124 valence electrons. The molecule has 0 radical (unpaired) electrons. The SMILES string of the molecule is CC([Se]C(C)C(N)c1ccc(O)cc1)C(N)c1ccc(O)cc1. The Hall–Kier alpha value is -1.52. The van der Waals surface area contributed by atoms with Crippen LogP contribution in [-0.4, -0.2) is 25.2 Å². The molecule has 0 aliphatic rings. The van der Waals surface area contributed by atoms with Crippen LogP contribution in [0.15, 0.2) is 48.5 Å². The van der Waals surface area contributed by atoms with Crippen molar-refractivity contribution in [3.05, 3.63) is 59.7 Å². The fraction of sp³-hybridized carbons (Fsp3) is 0.333. The molecular formula is C18H24N2O2Se. The zero-order chi connectivity index (χ0) is 17.0. The summed E-state index contributed by atoms with van der Waals surface area (Å²) in [5.74, 6) is 0.503. The van der Waals surface area contributed by atoms with Gasteiger partial charge in [-0.2, -0.15) is 0 Å². The first kappa shape index (κ1) is 17.8. The Morgan fingerprint density at radius 2 is 1.00 bits per heavy atom. The number of nitrogens with two attached hydrogens (primary N) is 2. The molecule has 0 fully saturated rings. The van der Waals surface area contributed by atoms with Crippen molar-refractivity contribution in [2.24, 2.45) is 11.5 Å². The molecule has 5 heteroatoms. The van der Waals surface area contributed by atoms with E-state index in [1.54, 1.807) is 24.3 Å². The Kier molecular flexibility index (Phi) is 6.08. The number of benzene rings is 2. The maximum absolute atomic E-state index is 9.37. The van der Waals surface area contributed by atoms with Crippen molar-refractivity contribution >= 4 is 15.0 Å². The molecule has 2 aromatic carbocycles. The zero-order valence-electron chi connectivity index (χ0n) is 13.4. The summed E-state index contributed by atoms with van der Waals surface area (Å²) in [6.07, 6.45) is 0. The van der Waals surface area contributed by atoms with E-state index in [-0.39, 0.29) is 38.5 Å². The van der Waals surface area contributed by atoms with Crippen LogP contribution >= 0.6 is 0 Å². The van der Waals surface area contributed by atoms with Crippen LogP contribution in [-0.2, 0) is 0 Å². The maximum atomic E-state index is 9.37. The Bertz CT molecular complexity index is 560. The van der Waals surface area contributed by atoms with Crippen LogP contribution in [0.1, 0.15) is 37.1 Å². The van der Waals surface area contributed by atoms with Gasteiger partial charge in [-0.05, 0) is 0 Å². The molecule has 0 bridgehead atoms. The molecule has 0 amide bonds. The van der Waals surface area contributed by atoms with Crippen LogP contribution in [0.3, 0.4) is 0 Å². The quantitative estimate of drug-likeness (QED) is 0.581. The van der Waals surface area contributed by atoms with Crippen LogP contribution in [0.25, 0.3) is 0 Å².